The molecule has 1 heterocycles. The van der Waals surface area contributed by atoms with Crippen LogP contribution in [0.4, 0.5) is 0 Å². The van der Waals surface area contributed by atoms with Gasteiger partial charge in [0.2, 0.25) is 0 Å². The van der Waals surface area contributed by atoms with E-state index in [-0.39, 0.29) is 0 Å². The van der Waals surface area contributed by atoms with Crippen molar-refractivity contribution in [2.75, 3.05) is 6.54 Å². The molecular formula is C12H24N+. The molecule has 0 N–H and O–H groups in total. The van der Waals surface area contributed by atoms with Crippen LogP contribution in [-0.2, 0) is 0 Å². The monoisotopic (exact) mass is 182 g/mol. The third kappa shape index (κ3) is 2.32. The molecule has 1 aliphatic rings. The highest BCUT2D eigenvalue weighted by Crippen LogP contribution is 2.26. The summed E-state index contributed by atoms with van der Waals surface area (Å²) in [6.07, 6.45) is 2.63. The minimum Gasteiger partial charge on any atom is -0.232 e. The maximum Gasteiger partial charge on any atom is 0.158 e. The summed E-state index contributed by atoms with van der Waals surface area (Å²) >= 11 is 0. The van der Waals surface area contributed by atoms with Gasteiger partial charge in [-0.25, -0.2) is 4.58 Å². The van der Waals surface area contributed by atoms with E-state index in [2.05, 4.69) is 46.1 Å². The molecule has 0 spiro atoms. The van der Waals surface area contributed by atoms with Gasteiger partial charge < -0.3 is 0 Å². The lowest BCUT2D eigenvalue weighted by Crippen LogP contribution is -2.38. The standard InChI is InChI=1S/C12H24N/c1-11(2,3)10-8-7-9-13(10)12(4,5)6/h7-9H2,1-6H3/q+1. The van der Waals surface area contributed by atoms with Crippen LogP contribution in [0.15, 0.2) is 0 Å². The average molecular weight is 182 g/mol. The van der Waals surface area contributed by atoms with Gasteiger partial charge in [-0.3, -0.25) is 0 Å². The molecular weight excluding hydrogens is 158 g/mol. The fourth-order valence-electron chi connectivity index (χ4n) is 2.19. The maximum atomic E-state index is 2.59. The predicted molar refractivity (Wildman–Crippen MR) is 58.6 cm³/mol. The highest BCUT2D eigenvalue weighted by molar-refractivity contribution is 5.85. The Balaban J connectivity index is 3.04. The molecule has 0 aliphatic carbocycles. The Labute approximate surface area is 82.9 Å². The zero-order valence-corrected chi connectivity index (χ0v) is 10.1. The molecule has 0 amide bonds. The van der Waals surface area contributed by atoms with E-state index in [1.165, 1.54) is 19.4 Å². The summed E-state index contributed by atoms with van der Waals surface area (Å²) in [5.74, 6) is 0. The van der Waals surface area contributed by atoms with Crippen LogP contribution in [0, 0.1) is 5.41 Å². The van der Waals surface area contributed by atoms with Gasteiger partial charge in [0.05, 0.1) is 0 Å². The Morgan fingerprint density at radius 1 is 1.00 bits per heavy atom. The van der Waals surface area contributed by atoms with Crippen molar-refractivity contribution in [3.05, 3.63) is 0 Å². The molecule has 1 rings (SSSR count). The van der Waals surface area contributed by atoms with Crippen molar-refractivity contribution < 1.29 is 4.58 Å². The Morgan fingerprint density at radius 3 is 1.85 bits per heavy atom. The number of nitrogens with zero attached hydrogens (tertiary/aromatic N) is 1. The van der Waals surface area contributed by atoms with Crippen molar-refractivity contribution in [2.45, 2.75) is 59.9 Å². The SMILES string of the molecule is CC(C)(C)C1=[N+](C(C)(C)C)CCC1. The third-order valence-corrected chi connectivity index (χ3v) is 2.80. The predicted octanol–water partition coefficient (Wildman–Crippen LogP) is 3.08. The summed E-state index contributed by atoms with van der Waals surface area (Å²) < 4.78 is 2.59. The second-order valence-electron chi connectivity index (χ2n) is 6.12. The molecule has 1 aliphatic heterocycles. The summed E-state index contributed by atoms with van der Waals surface area (Å²) in [5, 5.41) is 0. The zero-order chi connectivity index (χ0) is 10.3. The van der Waals surface area contributed by atoms with Crippen molar-refractivity contribution in [1.82, 2.24) is 0 Å². The van der Waals surface area contributed by atoms with Crippen LogP contribution in [0.3, 0.4) is 0 Å². The first-order valence-corrected chi connectivity index (χ1v) is 5.37. The average Bonchev–Trinajstić information content (AvgIpc) is 2.27. The van der Waals surface area contributed by atoms with E-state index in [0.717, 1.165) is 0 Å². The molecule has 0 aromatic carbocycles. The van der Waals surface area contributed by atoms with Crippen LogP contribution in [-0.4, -0.2) is 22.4 Å². The molecule has 0 unspecified atom stereocenters. The lowest BCUT2D eigenvalue weighted by Gasteiger charge is -2.23. The molecule has 0 aromatic rings. The van der Waals surface area contributed by atoms with Gasteiger partial charge in [-0.2, -0.15) is 0 Å². The van der Waals surface area contributed by atoms with Gasteiger partial charge in [0.1, 0.15) is 6.54 Å². The van der Waals surface area contributed by atoms with Crippen LogP contribution in [0.5, 0.6) is 0 Å². The van der Waals surface area contributed by atoms with Gasteiger partial charge in [-0.05, 0) is 20.8 Å². The number of rotatable bonds is 0. The second-order valence-corrected chi connectivity index (χ2v) is 6.12. The lowest BCUT2D eigenvalue weighted by atomic mass is 9.87. The quantitative estimate of drug-likeness (QED) is 0.506. The molecule has 0 atom stereocenters. The Kier molecular flexibility index (Phi) is 2.57. The van der Waals surface area contributed by atoms with Crippen molar-refractivity contribution in [3.8, 4) is 0 Å². The topological polar surface area (TPSA) is 3.01 Å². The van der Waals surface area contributed by atoms with E-state index in [0.29, 0.717) is 11.0 Å². The van der Waals surface area contributed by atoms with Gasteiger partial charge in [-0.15, -0.1) is 0 Å². The molecule has 76 valence electrons. The minimum atomic E-state index is 0.305. The summed E-state index contributed by atoms with van der Waals surface area (Å²) in [6.45, 7) is 15.2. The molecule has 0 radical (unpaired) electrons. The van der Waals surface area contributed by atoms with E-state index in [4.69, 9.17) is 0 Å². The Bertz CT molecular complexity index is 198. The first kappa shape index (κ1) is 10.7. The fraction of sp³-hybridized carbons (Fsp3) is 0.917. The smallest absolute Gasteiger partial charge is 0.158 e. The van der Waals surface area contributed by atoms with Gasteiger partial charge in [0, 0.05) is 18.3 Å². The van der Waals surface area contributed by atoms with Crippen LogP contribution in [0.25, 0.3) is 0 Å². The van der Waals surface area contributed by atoms with Crippen LogP contribution in [0.1, 0.15) is 54.4 Å². The highest BCUT2D eigenvalue weighted by atomic mass is 15.1. The van der Waals surface area contributed by atoms with E-state index in [9.17, 15) is 0 Å². The maximum absolute atomic E-state index is 2.59. The van der Waals surface area contributed by atoms with Crippen molar-refractivity contribution >= 4 is 5.71 Å². The summed E-state index contributed by atoms with van der Waals surface area (Å²) in [5.41, 5.74) is 2.29. The van der Waals surface area contributed by atoms with Crippen LogP contribution in [0.2, 0.25) is 0 Å². The normalized spacial score (nSPS) is 19.8. The molecule has 13 heavy (non-hydrogen) atoms. The van der Waals surface area contributed by atoms with Crippen molar-refractivity contribution in [3.63, 3.8) is 0 Å². The van der Waals surface area contributed by atoms with E-state index >= 15 is 0 Å². The number of hydrogen-bond acceptors (Lipinski definition) is 0. The van der Waals surface area contributed by atoms with E-state index in [1.807, 2.05) is 0 Å². The van der Waals surface area contributed by atoms with Crippen molar-refractivity contribution in [1.29, 1.82) is 0 Å². The van der Waals surface area contributed by atoms with Gasteiger partial charge >= 0.3 is 0 Å². The number of hydrogen-bond donors (Lipinski definition) is 0. The molecule has 0 saturated carbocycles. The molecule has 1 nitrogen and oxygen atoms in total. The largest absolute Gasteiger partial charge is 0.232 e. The highest BCUT2D eigenvalue weighted by Gasteiger charge is 2.38. The summed E-state index contributed by atoms with van der Waals surface area (Å²) in [7, 11) is 0. The first-order valence-electron chi connectivity index (χ1n) is 5.37. The molecule has 1 heteroatoms. The molecule has 0 fully saturated rings. The summed E-state index contributed by atoms with van der Waals surface area (Å²) in [6, 6.07) is 0. The Morgan fingerprint density at radius 2 is 1.54 bits per heavy atom. The minimum absolute atomic E-state index is 0.305. The molecule has 0 aromatic heterocycles. The Hall–Kier alpha value is -0.330. The van der Waals surface area contributed by atoms with E-state index in [1.54, 1.807) is 5.71 Å². The van der Waals surface area contributed by atoms with Crippen LogP contribution >= 0.6 is 0 Å². The first-order chi connectivity index (χ1) is 5.73. The zero-order valence-electron chi connectivity index (χ0n) is 10.1. The molecule has 0 saturated heterocycles. The van der Waals surface area contributed by atoms with Gasteiger partial charge in [0.25, 0.3) is 0 Å². The van der Waals surface area contributed by atoms with Crippen LogP contribution < -0.4 is 0 Å². The fourth-order valence-corrected chi connectivity index (χ4v) is 2.19. The van der Waals surface area contributed by atoms with Gasteiger partial charge in [-0.1, -0.05) is 20.8 Å². The second kappa shape index (κ2) is 3.11. The van der Waals surface area contributed by atoms with Crippen molar-refractivity contribution in [2.24, 2.45) is 5.41 Å². The summed E-state index contributed by atoms with van der Waals surface area (Å²) in [4.78, 5) is 0. The lowest BCUT2D eigenvalue weighted by molar-refractivity contribution is -0.592. The van der Waals surface area contributed by atoms with E-state index < -0.39 is 0 Å². The van der Waals surface area contributed by atoms with Gasteiger partial charge in [0.15, 0.2) is 11.3 Å². The molecule has 0 bridgehead atoms. The third-order valence-electron chi connectivity index (χ3n) is 2.80.